The smallest absolute Gasteiger partial charge is 0.269 e. The minimum absolute atomic E-state index is 0. The van der Waals surface area contributed by atoms with E-state index in [0.29, 0.717) is 98.4 Å². The molecule has 6 aliphatic rings. The molecule has 3 atom stereocenters. The third-order valence-electron chi connectivity index (χ3n) is 22.6. The van der Waals surface area contributed by atoms with E-state index in [0.717, 1.165) is 150 Å². The van der Waals surface area contributed by atoms with E-state index in [-0.39, 0.29) is 40.4 Å². The van der Waals surface area contributed by atoms with Crippen LogP contribution in [0.2, 0.25) is 0 Å². The SMILES string of the molecule is C.Cl.Cn1cc(-c2cn(S(=O)(=O)c3ccccc3)c3ncc(C4CCC(=O)CC4)cc23)cn1.Cn1cc(-c2cn(S(=O)(=O)c3ccccc3)c3ncc(C4CCC(N5CC[C@@H](F)C5)CC4)cc23)cn1.Cn1cc(-c2cn(S(=O)(=O)c3ccccc3)c3ncc(C4CCC(N5CC[C@@H](F)C5)CC4)cc23)cn1.F[C@@H]1CCNC1. The molecule has 12 heterocycles. The highest BCUT2D eigenvalue weighted by Gasteiger charge is 2.36. The predicted molar refractivity (Wildman–Crippen MR) is 428 cm³/mol. The summed E-state index contributed by atoms with van der Waals surface area (Å²) >= 11 is 0. The molecule has 0 unspecified atom stereocenters. The van der Waals surface area contributed by atoms with Crippen molar-refractivity contribution in [3.8, 4) is 33.4 Å². The van der Waals surface area contributed by atoms with Crippen LogP contribution in [-0.2, 0) is 56.0 Å². The molecular formula is C82H95ClF3N15O7S3. The Labute approximate surface area is 652 Å². The number of pyridine rings is 3. The summed E-state index contributed by atoms with van der Waals surface area (Å²) in [7, 11) is -5.92. The number of likely N-dealkylation sites (tertiary alicyclic amines) is 2. The first-order chi connectivity index (χ1) is 52.6. The Kier molecular flexibility index (Phi) is 24.5. The first kappa shape index (κ1) is 79.9. The first-order valence-corrected chi connectivity index (χ1v) is 42.0. The van der Waals surface area contributed by atoms with Gasteiger partial charge >= 0.3 is 0 Å². The predicted octanol–water partition coefficient (Wildman–Crippen LogP) is 14.8. The molecule has 22 nitrogen and oxygen atoms in total. The fourth-order valence-electron chi connectivity index (χ4n) is 16.6. The maximum Gasteiger partial charge on any atom is 0.269 e. The summed E-state index contributed by atoms with van der Waals surface area (Å²) < 4.78 is 129. The number of alkyl halides is 3. The van der Waals surface area contributed by atoms with Gasteiger partial charge in [-0.2, -0.15) is 15.3 Å². The molecular weight excluding hydrogens is 1500 g/mol. The van der Waals surface area contributed by atoms with Crippen LogP contribution in [0.15, 0.2) is 198 Å². The third kappa shape index (κ3) is 17.1. The number of carbonyl (C=O) groups is 1. The number of Topliss-reactive ketones (excluding diaryl/α,β-unsaturated/α-hetero) is 1. The summed E-state index contributed by atoms with van der Waals surface area (Å²) in [6.45, 7) is 4.30. The second kappa shape index (κ2) is 34.0. The van der Waals surface area contributed by atoms with Gasteiger partial charge in [-0.05, 0) is 179 Å². The molecule has 3 saturated carbocycles. The van der Waals surface area contributed by atoms with Crippen molar-refractivity contribution in [2.24, 2.45) is 21.1 Å². The number of aryl methyl sites for hydroxylation is 3. The van der Waals surface area contributed by atoms with Gasteiger partial charge in [0, 0.05) is 184 Å². The van der Waals surface area contributed by atoms with Gasteiger partial charge in [-0.1, -0.05) is 62.0 Å². The summed E-state index contributed by atoms with van der Waals surface area (Å²) in [5.74, 6) is 1.28. The Morgan fingerprint density at radius 3 is 0.991 bits per heavy atom. The number of hydrogen-bond donors (Lipinski definition) is 1. The maximum absolute atomic E-state index is 13.7. The van der Waals surface area contributed by atoms with Gasteiger partial charge in [-0.25, -0.2) is 65.3 Å². The summed E-state index contributed by atoms with van der Waals surface area (Å²) in [6.07, 6.45) is 32.4. The van der Waals surface area contributed by atoms with Gasteiger partial charge in [0.05, 0.1) is 33.3 Å². The lowest BCUT2D eigenvalue weighted by Crippen LogP contribution is -2.36. The zero-order chi connectivity index (χ0) is 75.7. The minimum Gasteiger partial charge on any atom is -0.314 e. The van der Waals surface area contributed by atoms with E-state index < -0.39 is 48.6 Å². The molecule has 0 bridgehead atoms. The number of ketones is 1. The molecule has 29 heteroatoms. The van der Waals surface area contributed by atoms with Crippen molar-refractivity contribution >= 4 is 81.4 Å². The Morgan fingerprint density at radius 2 is 0.730 bits per heavy atom. The van der Waals surface area contributed by atoms with Crippen LogP contribution in [0, 0.1) is 0 Å². The molecule has 12 aromatic rings. The van der Waals surface area contributed by atoms with Crippen LogP contribution < -0.4 is 5.32 Å². The monoisotopic (exact) mass is 1590 g/mol. The lowest BCUT2D eigenvalue weighted by Gasteiger charge is -2.34. The van der Waals surface area contributed by atoms with Crippen molar-refractivity contribution in [1.29, 1.82) is 0 Å². The molecule has 586 valence electrons. The normalized spacial score (nSPS) is 21.4. The lowest BCUT2D eigenvalue weighted by atomic mass is 9.81. The number of nitrogens with zero attached hydrogens (tertiary/aromatic N) is 14. The van der Waals surface area contributed by atoms with Crippen molar-refractivity contribution < 1.29 is 43.2 Å². The Bertz CT molecular complexity index is 5340. The molecule has 111 heavy (non-hydrogen) atoms. The molecule has 0 radical (unpaired) electrons. The van der Waals surface area contributed by atoms with Crippen molar-refractivity contribution in [3.05, 3.63) is 200 Å². The Hall–Kier alpha value is -9.16. The standard InChI is InChI=1S/2C27H30FN5O2S.C23H22N4O3S.C4H8FN.CH4.ClH/c2*1-31-16-21(15-30-31)26-18-33(36(34,35)24-5-3-2-4-6-24)27-25(26)13-20(14-29-27)19-7-9-23(10-8-19)32-12-11-22(28)17-32;1-26-14-18(13-25-26)22-15-27(31(29,30)20-5-3-2-4-6-20)23-21(22)11-17(12-24-23)16-7-9-19(28)10-8-16;5-4-1-2-6-3-4;;/h2*2-6,13-16,18-19,22-23H,7-12,17H2,1H3;2-6,11-16H,7-10H2,1H3;4,6H,1-3H2;1H4;1H/t2*19?,22-,23?;;4-;;/m11.1../s1. The van der Waals surface area contributed by atoms with E-state index in [9.17, 15) is 43.2 Å². The van der Waals surface area contributed by atoms with Gasteiger partial charge in [0.25, 0.3) is 30.1 Å². The maximum atomic E-state index is 13.7. The van der Waals surface area contributed by atoms with Crippen molar-refractivity contribution in [2.75, 3.05) is 39.3 Å². The van der Waals surface area contributed by atoms with E-state index in [2.05, 4.69) is 47.5 Å². The van der Waals surface area contributed by atoms with E-state index in [1.807, 2.05) is 58.2 Å². The topological polar surface area (TPSA) is 245 Å². The van der Waals surface area contributed by atoms with E-state index in [1.165, 1.54) is 11.9 Å². The number of carbonyl (C=O) groups excluding carboxylic acids is 1. The quantitative estimate of drug-likeness (QED) is 0.106. The van der Waals surface area contributed by atoms with Gasteiger partial charge in [-0.15, -0.1) is 12.4 Å². The molecule has 3 aromatic carbocycles. The largest absolute Gasteiger partial charge is 0.314 e. The van der Waals surface area contributed by atoms with Gasteiger partial charge in [0.2, 0.25) is 0 Å². The fourth-order valence-corrected chi connectivity index (χ4v) is 20.6. The average molecular weight is 1590 g/mol. The molecule has 3 aliphatic carbocycles. The zero-order valence-electron chi connectivity index (χ0n) is 61.7. The average Bonchev–Trinajstić information content (AvgIpc) is 1.61. The van der Waals surface area contributed by atoms with Gasteiger partial charge in [0.15, 0.2) is 16.9 Å². The molecule has 0 amide bonds. The number of rotatable bonds is 14. The Morgan fingerprint density at radius 1 is 0.405 bits per heavy atom. The number of benzene rings is 3. The fraction of sp³-hybridized carbons (Fsp3) is 0.402. The molecule has 6 fully saturated rings. The number of nitrogens with one attached hydrogen (secondary N) is 1. The second-order valence-electron chi connectivity index (χ2n) is 29.8. The zero-order valence-corrected chi connectivity index (χ0v) is 64.9. The van der Waals surface area contributed by atoms with Crippen LogP contribution in [0.1, 0.15) is 138 Å². The van der Waals surface area contributed by atoms with Crippen molar-refractivity contribution in [3.63, 3.8) is 0 Å². The second-order valence-corrected chi connectivity index (χ2v) is 35.2. The summed E-state index contributed by atoms with van der Waals surface area (Å²) in [4.78, 5) is 30.9. The van der Waals surface area contributed by atoms with Crippen molar-refractivity contribution in [2.45, 2.75) is 167 Å². The molecule has 18 rings (SSSR count). The van der Waals surface area contributed by atoms with Crippen LogP contribution in [0.4, 0.5) is 13.2 Å². The summed E-state index contributed by atoms with van der Waals surface area (Å²) in [5.41, 5.74) is 9.41. The Balaban J connectivity index is 0.000000140. The molecule has 9 aromatic heterocycles. The van der Waals surface area contributed by atoms with Crippen LogP contribution in [0.5, 0.6) is 0 Å². The van der Waals surface area contributed by atoms with Crippen molar-refractivity contribution in [1.82, 2.24) is 71.3 Å². The first-order valence-electron chi connectivity index (χ1n) is 37.7. The molecule has 3 saturated heterocycles. The molecule has 0 spiro atoms. The van der Waals surface area contributed by atoms with Crippen LogP contribution >= 0.6 is 12.4 Å². The van der Waals surface area contributed by atoms with E-state index in [1.54, 1.807) is 148 Å². The summed E-state index contributed by atoms with van der Waals surface area (Å²) in [5, 5.41) is 18.1. The highest BCUT2D eigenvalue weighted by atomic mass is 35.5. The van der Waals surface area contributed by atoms with Gasteiger partial charge in [0.1, 0.15) is 24.3 Å². The van der Waals surface area contributed by atoms with Crippen LogP contribution in [0.25, 0.3) is 66.5 Å². The van der Waals surface area contributed by atoms with Gasteiger partial charge in [-0.3, -0.25) is 28.6 Å². The van der Waals surface area contributed by atoms with E-state index >= 15 is 0 Å². The summed E-state index contributed by atoms with van der Waals surface area (Å²) in [6, 6.07) is 32.4. The highest BCUT2D eigenvalue weighted by molar-refractivity contribution is 7.90. The number of halogens is 4. The number of aromatic nitrogens is 12. The lowest BCUT2D eigenvalue weighted by molar-refractivity contribution is -0.120. The molecule has 3 aliphatic heterocycles. The van der Waals surface area contributed by atoms with Gasteiger partial charge < -0.3 is 5.32 Å². The van der Waals surface area contributed by atoms with E-state index in [4.69, 9.17) is 9.97 Å². The highest BCUT2D eigenvalue weighted by Crippen LogP contribution is 2.43. The molecule has 1 N–H and O–H groups in total. The number of hydrogen-bond acceptors (Lipinski definition) is 16. The van der Waals surface area contributed by atoms with Crippen LogP contribution in [0.3, 0.4) is 0 Å². The number of fused-ring (bicyclic) bond motifs is 3. The third-order valence-corrected chi connectivity index (χ3v) is 27.5. The van der Waals surface area contributed by atoms with Crippen LogP contribution in [-0.4, -0.2) is 167 Å². The minimum atomic E-state index is -3.81.